The molecule has 0 radical (unpaired) electrons. The van der Waals surface area contributed by atoms with Crippen molar-refractivity contribution in [1.29, 1.82) is 0 Å². The number of benzene rings is 1. The Hall–Kier alpha value is -2.40. The summed E-state index contributed by atoms with van der Waals surface area (Å²) in [6.45, 7) is 2.18. The fourth-order valence-electron chi connectivity index (χ4n) is 2.32. The van der Waals surface area contributed by atoms with E-state index in [-0.39, 0.29) is 28.1 Å². The normalized spacial score (nSPS) is 11.4. The average Bonchev–Trinajstić information content (AvgIpc) is 3.12. The molecule has 1 amide bonds. The van der Waals surface area contributed by atoms with Gasteiger partial charge in [-0.3, -0.25) is 9.78 Å². The molecule has 0 bridgehead atoms. The van der Waals surface area contributed by atoms with Gasteiger partial charge < -0.3 is 5.32 Å². The van der Waals surface area contributed by atoms with E-state index in [9.17, 15) is 17.6 Å². The minimum atomic E-state index is -3.87. The van der Waals surface area contributed by atoms with Gasteiger partial charge in [0.1, 0.15) is 11.5 Å². The zero-order chi connectivity index (χ0) is 21.0. The summed E-state index contributed by atoms with van der Waals surface area (Å²) in [6, 6.07) is 6.25. The molecule has 3 aromatic rings. The fraction of sp³-hybridized carbons (Fsp3) is 0.167. The first-order chi connectivity index (χ1) is 13.8. The highest BCUT2D eigenvalue weighted by molar-refractivity contribution is 7.89. The van der Waals surface area contributed by atoms with Gasteiger partial charge in [-0.1, -0.05) is 17.7 Å². The van der Waals surface area contributed by atoms with Crippen molar-refractivity contribution in [1.82, 2.24) is 20.0 Å². The van der Waals surface area contributed by atoms with Gasteiger partial charge >= 0.3 is 0 Å². The predicted octanol–water partition coefficient (Wildman–Crippen LogP) is 3.05. The number of carbonyl (C=O) groups is 1. The summed E-state index contributed by atoms with van der Waals surface area (Å²) in [5.41, 5.74) is 3.35. The largest absolute Gasteiger partial charge is 0.346 e. The van der Waals surface area contributed by atoms with E-state index in [1.807, 2.05) is 6.92 Å². The van der Waals surface area contributed by atoms with Crippen LogP contribution >= 0.6 is 22.9 Å². The first-order valence-electron chi connectivity index (χ1n) is 8.33. The number of aromatic nitrogens is 2. The van der Waals surface area contributed by atoms with E-state index < -0.39 is 15.8 Å². The van der Waals surface area contributed by atoms with Gasteiger partial charge in [-0.25, -0.2) is 22.5 Å². The van der Waals surface area contributed by atoms with Gasteiger partial charge in [0.15, 0.2) is 0 Å². The van der Waals surface area contributed by atoms with Crippen molar-refractivity contribution in [3.05, 3.63) is 74.7 Å². The summed E-state index contributed by atoms with van der Waals surface area (Å²) < 4.78 is 40.2. The third-order valence-electron chi connectivity index (χ3n) is 3.98. The maximum Gasteiger partial charge on any atom is 0.270 e. The highest BCUT2D eigenvalue weighted by Gasteiger charge is 2.16. The second-order valence-corrected chi connectivity index (χ2v) is 9.11. The standard InChI is InChI=1S/C18H16ClFN4O3S2/c1-11-17(28-10-23-11)9-22-18(25)16-5-2-12(7-21-16)8-24-29(26,27)13-3-4-15(20)14(19)6-13/h2-7,10,24H,8-9H2,1H3,(H,22,25). The molecule has 2 aromatic heterocycles. The molecule has 3 rings (SSSR count). The van der Waals surface area contributed by atoms with E-state index in [0.29, 0.717) is 12.1 Å². The molecule has 11 heteroatoms. The predicted molar refractivity (Wildman–Crippen MR) is 108 cm³/mol. The second-order valence-electron chi connectivity index (χ2n) is 6.00. The second kappa shape index (κ2) is 8.95. The van der Waals surface area contributed by atoms with E-state index in [0.717, 1.165) is 28.8 Å². The number of pyridine rings is 1. The Bertz CT molecular complexity index is 1130. The number of rotatable bonds is 7. The van der Waals surface area contributed by atoms with Crippen LogP contribution in [0, 0.1) is 12.7 Å². The maximum atomic E-state index is 13.2. The molecule has 0 unspecified atom stereocenters. The topological polar surface area (TPSA) is 101 Å². The van der Waals surface area contributed by atoms with Crippen LogP contribution in [-0.2, 0) is 23.1 Å². The molecule has 0 saturated carbocycles. The Morgan fingerprint density at radius 2 is 2.00 bits per heavy atom. The number of hydrogen-bond donors (Lipinski definition) is 2. The minimum Gasteiger partial charge on any atom is -0.346 e. The van der Waals surface area contributed by atoms with Crippen LogP contribution in [0.15, 0.2) is 46.9 Å². The molecule has 0 atom stereocenters. The van der Waals surface area contributed by atoms with E-state index in [1.54, 1.807) is 11.6 Å². The summed E-state index contributed by atoms with van der Waals surface area (Å²) in [6.07, 6.45) is 1.41. The third-order valence-corrected chi connectivity index (χ3v) is 6.60. The Kier molecular flexibility index (Phi) is 6.58. The van der Waals surface area contributed by atoms with Crippen LogP contribution in [0.3, 0.4) is 0 Å². The van der Waals surface area contributed by atoms with Gasteiger partial charge in [-0.2, -0.15) is 0 Å². The molecular weight excluding hydrogens is 439 g/mol. The lowest BCUT2D eigenvalue weighted by atomic mass is 10.2. The lowest BCUT2D eigenvalue weighted by Gasteiger charge is -2.08. The first kappa shape index (κ1) is 21.3. The lowest BCUT2D eigenvalue weighted by Crippen LogP contribution is -2.25. The average molecular weight is 455 g/mol. The lowest BCUT2D eigenvalue weighted by molar-refractivity contribution is 0.0946. The van der Waals surface area contributed by atoms with Crippen LogP contribution in [0.2, 0.25) is 5.02 Å². The Morgan fingerprint density at radius 1 is 1.21 bits per heavy atom. The van der Waals surface area contributed by atoms with Crippen molar-refractivity contribution < 1.29 is 17.6 Å². The highest BCUT2D eigenvalue weighted by Crippen LogP contribution is 2.19. The number of hydrogen-bond acceptors (Lipinski definition) is 6. The molecule has 29 heavy (non-hydrogen) atoms. The monoisotopic (exact) mass is 454 g/mol. The van der Waals surface area contributed by atoms with Gasteiger partial charge in [0.2, 0.25) is 10.0 Å². The summed E-state index contributed by atoms with van der Waals surface area (Å²) in [5, 5.41) is 2.48. The Morgan fingerprint density at radius 3 is 2.62 bits per heavy atom. The van der Waals surface area contributed by atoms with E-state index >= 15 is 0 Å². The van der Waals surface area contributed by atoms with Crippen LogP contribution in [0.1, 0.15) is 26.6 Å². The summed E-state index contributed by atoms with van der Waals surface area (Å²) in [5.74, 6) is -1.04. The van der Waals surface area contributed by atoms with Crippen molar-refractivity contribution >= 4 is 38.9 Å². The third kappa shape index (κ3) is 5.36. The summed E-state index contributed by atoms with van der Waals surface area (Å²) in [7, 11) is -3.87. The Labute approximate surface area is 176 Å². The van der Waals surface area contributed by atoms with Gasteiger partial charge in [0, 0.05) is 17.6 Å². The van der Waals surface area contributed by atoms with Crippen molar-refractivity contribution in [3.8, 4) is 0 Å². The maximum absolute atomic E-state index is 13.2. The zero-order valence-corrected chi connectivity index (χ0v) is 17.5. The molecule has 0 fully saturated rings. The van der Waals surface area contributed by atoms with Crippen LogP contribution in [0.5, 0.6) is 0 Å². The number of thiazole rings is 1. The quantitative estimate of drug-likeness (QED) is 0.571. The van der Waals surface area contributed by atoms with Crippen LogP contribution in [-0.4, -0.2) is 24.3 Å². The van der Waals surface area contributed by atoms with E-state index in [1.165, 1.54) is 23.6 Å². The van der Waals surface area contributed by atoms with Crippen molar-refractivity contribution in [3.63, 3.8) is 0 Å². The number of nitrogens with one attached hydrogen (secondary N) is 2. The van der Waals surface area contributed by atoms with E-state index in [4.69, 9.17) is 11.6 Å². The molecule has 0 saturated heterocycles. The van der Waals surface area contributed by atoms with Gasteiger partial charge in [0.25, 0.3) is 5.91 Å². The molecule has 152 valence electrons. The molecule has 2 heterocycles. The number of sulfonamides is 1. The summed E-state index contributed by atoms with van der Waals surface area (Å²) in [4.78, 5) is 21.2. The van der Waals surface area contributed by atoms with Gasteiger partial charge in [-0.05, 0) is 36.8 Å². The molecule has 0 aliphatic carbocycles. The van der Waals surface area contributed by atoms with Crippen LogP contribution in [0.25, 0.3) is 0 Å². The number of halogens is 2. The highest BCUT2D eigenvalue weighted by atomic mass is 35.5. The molecule has 1 aromatic carbocycles. The molecule has 0 aliphatic heterocycles. The molecule has 7 nitrogen and oxygen atoms in total. The molecular formula is C18H16ClFN4O3S2. The van der Waals surface area contributed by atoms with Crippen LogP contribution in [0.4, 0.5) is 4.39 Å². The number of aryl methyl sites for hydroxylation is 1. The minimum absolute atomic E-state index is 0.0493. The fourth-order valence-corrected chi connectivity index (χ4v) is 4.32. The molecule has 0 aliphatic rings. The Balaban J connectivity index is 1.59. The van der Waals surface area contributed by atoms with Gasteiger partial charge in [0.05, 0.1) is 27.7 Å². The molecule has 0 spiro atoms. The number of nitrogens with zero attached hydrogens (tertiary/aromatic N) is 2. The zero-order valence-electron chi connectivity index (χ0n) is 15.1. The van der Waals surface area contributed by atoms with E-state index in [2.05, 4.69) is 20.0 Å². The molecule has 2 N–H and O–H groups in total. The van der Waals surface area contributed by atoms with Crippen molar-refractivity contribution in [2.24, 2.45) is 0 Å². The summed E-state index contributed by atoms with van der Waals surface area (Å²) >= 11 is 7.09. The van der Waals surface area contributed by atoms with Crippen LogP contribution < -0.4 is 10.0 Å². The van der Waals surface area contributed by atoms with Crippen molar-refractivity contribution in [2.75, 3.05) is 0 Å². The SMILES string of the molecule is Cc1ncsc1CNC(=O)c1ccc(CNS(=O)(=O)c2ccc(F)c(Cl)c2)cn1. The number of amides is 1. The first-order valence-corrected chi connectivity index (χ1v) is 11.1. The van der Waals surface area contributed by atoms with Crippen molar-refractivity contribution in [2.45, 2.75) is 24.9 Å². The van der Waals surface area contributed by atoms with Gasteiger partial charge in [-0.15, -0.1) is 11.3 Å². The number of carbonyl (C=O) groups excluding carboxylic acids is 1. The smallest absolute Gasteiger partial charge is 0.270 e.